The van der Waals surface area contributed by atoms with Crippen LogP contribution < -0.4 is 0 Å². The lowest BCUT2D eigenvalue weighted by molar-refractivity contribution is -0.138. The van der Waals surface area contributed by atoms with E-state index in [0.29, 0.717) is 10.6 Å². The van der Waals surface area contributed by atoms with Gasteiger partial charge in [0, 0.05) is 6.20 Å². The Morgan fingerprint density at radius 2 is 2.12 bits per heavy atom. The number of carbonyl (C=O) groups is 2. The molecule has 0 aliphatic carbocycles. The van der Waals surface area contributed by atoms with E-state index in [2.05, 4.69) is 9.72 Å². The topological polar surface area (TPSA) is 76.5 Å². The van der Waals surface area contributed by atoms with Crippen molar-refractivity contribution in [3.8, 4) is 0 Å². The highest BCUT2D eigenvalue weighted by Gasteiger charge is 2.29. The number of carboxylic acids is 1. The molecule has 1 aromatic heterocycles. The number of rotatable bonds is 4. The van der Waals surface area contributed by atoms with Crippen molar-refractivity contribution in [2.45, 2.75) is 23.6 Å². The Hall–Kier alpha value is -1.56. The number of hydrogen-bond acceptors (Lipinski definition) is 5. The highest BCUT2D eigenvalue weighted by atomic mass is 32.2. The van der Waals surface area contributed by atoms with E-state index in [4.69, 9.17) is 5.11 Å². The molecule has 1 rings (SSSR count). The number of nitrogens with zero attached hydrogens (tertiary/aromatic N) is 1. The van der Waals surface area contributed by atoms with Gasteiger partial charge in [0.2, 0.25) is 0 Å². The molecule has 0 aromatic carbocycles. The molecular weight excluding hydrogens is 242 g/mol. The zero-order valence-electron chi connectivity index (χ0n) is 9.76. The highest BCUT2D eigenvalue weighted by molar-refractivity contribution is 8.01. The summed E-state index contributed by atoms with van der Waals surface area (Å²) >= 11 is 1.08. The minimum atomic E-state index is -0.998. The standard InChI is InChI=1S/C11H13NO4S/c1-11(2,10(14)15)17-8-6-7(4-5-12-8)9(13)16-3/h4-6H,1-3H3,(H,14,15). The van der Waals surface area contributed by atoms with E-state index in [-0.39, 0.29) is 0 Å². The Bertz CT molecular complexity index is 445. The molecule has 0 aliphatic heterocycles. The fourth-order valence-electron chi connectivity index (χ4n) is 1.02. The van der Waals surface area contributed by atoms with Crippen LogP contribution in [0.2, 0.25) is 0 Å². The SMILES string of the molecule is COC(=O)c1ccnc(SC(C)(C)C(=O)O)c1. The molecule has 1 heterocycles. The third-order valence-electron chi connectivity index (χ3n) is 2.03. The van der Waals surface area contributed by atoms with Gasteiger partial charge in [0.25, 0.3) is 0 Å². The van der Waals surface area contributed by atoms with Crippen molar-refractivity contribution in [3.63, 3.8) is 0 Å². The van der Waals surface area contributed by atoms with Crippen LogP contribution in [0.3, 0.4) is 0 Å². The van der Waals surface area contributed by atoms with Crippen LogP contribution in [0.5, 0.6) is 0 Å². The molecule has 0 amide bonds. The van der Waals surface area contributed by atoms with Crippen molar-refractivity contribution in [2.24, 2.45) is 0 Å². The van der Waals surface area contributed by atoms with E-state index in [0.717, 1.165) is 11.8 Å². The van der Waals surface area contributed by atoms with Gasteiger partial charge in [-0.3, -0.25) is 4.79 Å². The number of esters is 1. The van der Waals surface area contributed by atoms with Gasteiger partial charge in [-0.25, -0.2) is 9.78 Å². The van der Waals surface area contributed by atoms with E-state index >= 15 is 0 Å². The van der Waals surface area contributed by atoms with Crippen molar-refractivity contribution in [1.82, 2.24) is 4.98 Å². The molecule has 0 saturated carbocycles. The first-order chi connectivity index (χ1) is 7.86. The molecular formula is C11H13NO4S. The minimum Gasteiger partial charge on any atom is -0.480 e. The average Bonchev–Trinajstić information content (AvgIpc) is 2.27. The largest absolute Gasteiger partial charge is 0.480 e. The number of carboxylic acid groups (broad SMARTS) is 1. The fraction of sp³-hybridized carbons (Fsp3) is 0.364. The maximum atomic E-state index is 11.3. The first-order valence-electron chi connectivity index (χ1n) is 4.83. The van der Waals surface area contributed by atoms with E-state index in [1.165, 1.54) is 25.4 Å². The summed E-state index contributed by atoms with van der Waals surface area (Å²) in [4.78, 5) is 26.3. The normalized spacial score (nSPS) is 11.0. The first kappa shape index (κ1) is 13.5. The van der Waals surface area contributed by atoms with Crippen molar-refractivity contribution in [1.29, 1.82) is 0 Å². The maximum absolute atomic E-state index is 11.3. The summed E-state index contributed by atoms with van der Waals surface area (Å²) in [7, 11) is 1.29. The van der Waals surface area contributed by atoms with Gasteiger partial charge in [-0.2, -0.15) is 0 Å². The number of thioether (sulfide) groups is 1. The number of aliphatic carboxylic acids is 1. The number of hydrogen-bond donors (Lipinski definition) is 1. The zero-order chi connectivity index (χ0) is 13.1. The van der Waals surface area contributed by atoms with Crippen LogP contribution in [0.15, 0.2) is 23.4 Å². The van der Waals surface area contributed by atoms with Crippen LogP contribution in [0.1, 0.15) is 24.2 Å². The van der Waals surface area contributed by atoms with Crippen LogP contribution in [0, 0.1) is 0 Å². The van der Waals surface area contributed by atoms with Gasteiger partial charge in [0.15, 0.2) is 0 Å². The molecule has 0 unspecified atom stereocenters. The number of aromatic nitrogens is 1. The van der Waals surface area contributed by atoms with E-state index < -0.39 is 16.7 Å². The van der Waals surface area contributed by atoms with Gasteiger partial charge >= 0.3 is 11.9 Å². The number of pyridine rings is 1. The zero-order valence-corrected chi connectivity index (χ0v) is 10.6. The highest BCUT2D eigenvalue weighted by Crippen LogP contribution is 2.31. The molecule has 0 saturated heterocycles. The van der Waals surface area contributed by atoms with Gasteiger partial charge in [-0.05, 0) is 26.0 Å². The smallest absolute Gasteiger partial charge is 0.337 e. The summed E-state index contributed by atoms with van der Waals surface area (Å²) < 4.78 is 3.58. The van der Waals surface area contributed by atoms with Crippen LogP contribution >= 0.6 is 11.8 Å². The van der Waals surface area contributed by atoms with Crippen molar-refractivity contribution >= 4 is 23.7 Å². The molecule has 0 radical (unpaired) electrons. The summed E-state index contributed by atoms with van der Waals surface area (Å²) in [5, 5.41) is 9.46. The van der Waals surface area contributed by atoms with Crippen LogP contribution in [0.4, 0.5) is 0 Å². The Balaban J connectivity index is 2.93. The Kier molecular flexibility index (Phi) is 4.11. The molecule has 5 nitrogen and oxygen atoms in total. The summed E-state index contributed by atoms with van der Waals surface area (Å²) in [5.74, 6) is -1.41. The third-order valence-corrected chi connectivity index (χ3v) is 3.15. The third kappa shape index (κ3) is 3.45. The number of ether oxygens (including phenoxy) is 1. The molecule has 92 valence electrons. The van der Waals surface area contributed by atoms with E-state index in [1.54, 1.807) is 13.8 Å². The summed E-state index contributed by atoms with van der Waals surface area (Å²) in [6.45, 7) is 3.15. The molecule has 17 heavy (non-hydrogen) atoms. The average molecular weight is 255 g/mol. The van der Waals surface area contributed by atoms with Gasteiger partial charge in [-0.15, -0.1) is 0 Å². The van der Waals surface area contributed by atoms with E-state index in [9.17, 15) is 9.59 Å². The van der Waals surface area contributed by atoms with Gasteiger partial charge in [-0.1, -0.05) is 11.8 Å². The van der Waals surface area contributed by atoms with Gasteiger partial charge in [0.1, 0.15) is 4.75 Å². The monoisotopic (exact) mass is 255 g/mol. The predicted octanol–water partition coefficient (Wildman–Crippen LogP) is 1.82. The van der Waals surface area contributed by atoms with Crippen LogP contribution in [0.25, 0.3) is 0 Å². The Morgan fingerprint density at radius 3 is 2.65 bits per heavy atom. The lowest BCUT2D eigenvalue weighted by atomic mass is 10.2. The summed E-state index contributed by atoms with van der Waals surface area (Å²) in [6, 6.07) is 3.03. The van der Waals surface area contributed by atoms with Crippen LogP contribution in [-0.2, 0) is 9.53 Å². The first-order valence-corrected chi connectivity index (χ1v) is 5.65. The summed E-state index contributed by atoms with van der Waals surface area (Å²) in [6.07, 6.45) is 1.45. The van der Waals surface area contributed by atoms with Gasteiger partial charge in [0.05, 0.1) is 17.7 Å². The predicted molar refractivity (Wildman–Crippen MR) is 63.1 cm³/mol. The quantitative estimate of drug-likeness (QED) is 0.653. The minimum absolute atomic E-state index is 0.353. The van der Waals surface area contributed by atoms with Gasteiger partial charge < -0.3 is 9.84 Å². The lowest BCUT2D eigenvalue weighted by Gasteiger charge is -2.17. The van der Waals surface area contributed by atoms with Crippen LogP contribution in [-0.4, -0.2) is 33.9 Å². The fourth-order valence-corrected chi connectivity index (χ4v) is 1.92. The lowest BCUT2D eigenvalue weighted by Crippen LogP contribution is -2.27. The molecule has 6 heteroatoms. The second kappa shape index (κ2) is 5.18. The number of carbonyl (C=O) groups excluding carboxylic acids is 1. The molecule has 0 aliphatic rings. The Morgan fingerprint density at radius 1 is 1.47 bits per heavy atom. The Labute approximate surface area is 103 Å². The molecule has 0 spiro atoms. The molecule has 1 N–H and O–H groups in total. The molecule has 0 atom stereocenters. The molecule has 0 fully saturated rings. The van der Waals surface area contributed by atoms with Crippen molar-refractivity contribution in [3.05, 3.63) is 23.9 Å². The van der Waals surface area contributed by atoms with E-state index in [1.807, 2.05) is 0 Å². The summed E-state index contributed by atoms with van der Waals surface area (Å²) in [5.41, 5.74) is 0.353. The molecule has 1 aromatic rings. The molecule has 0 bridgehead atoms. The second-order valence-electron chi connectivity index (χ2n) is 3.79. The number of methoxy groups -OCH3 is 1. The van der Waals surface area contributed by atoms with Crippen molar-refractivity contribution in [2.75, 3.05) is 7.11 Å². The maximum Gasteiger partial charge on any atom is 0.337 e. The van der Waals surface area contributed by atoms with Crippen molar-refractivity contribution < 1.29 is 19.4 Å². The second-order valence-corrected chi connectivity index (χ2v) is 5.43.